The van der Waals surface area contributed by atoms with E-state index in [9.17, 15) is 4.79 Å². The number of hydrogen-bond acceptors (Lipinski definition) is 5. The second kappa shape index (κ2) is 6.52. The number of pyridine rings is 1. The average molecular weight is 337 g/mol. The quantitative estimate of drug-likeness (QED) is 0.762. The summed E-state index contributed by atoms with van der Waals surface area (Å²) in [6, 6.07) is 10.8. The molecule has 25 heavy (non-hydrogen) atoms. The molecule has 2 amide bonds. The first-order valence-electron chi connectivity index (χ1n) is 7.67. The Morgan fingerprint density at radius 1 is 1.20 bits per heavy atom. The number of nitrogens with zero attached hydrogens (tertiary/aromatic N) is 3. The highest BCUT2D eigenvalue weighted by atomic mass is 16.7. The zero-order valence-corrected chi connectivity index (χ0v) is 13.2. The van der Waals surface area contributed by atoms with E-state index in [-0.39, 0.29) is 12.8 Å². The predicted molar refractivity (Wildman–Crippen MR) is 89.8 cm³/mol. The van der Waals surface area contributed by atoms with Crippen LogP contribution in [-0.4, -0.2) is 27.6 Å². The second-order valence-corrected chi connectivity index (χ2v) is 5.36. The highest BCUT2D eigenvalue weighted by Crippen LogP contribution is 2.32. The minimum absolute atomic E-state index is 0.229. The van der Waals surface area contributed by atoms with Crippen molar-refractivity contribution >= 4 is 11.7 Å². The van der Waals surface area contributed by atoms with Gasteiger partial charge in [0.1, 0.15) is 0 Å². The molecular formula is C17H15N5O3. The van der Waals surface area contributed by atoms with E-state index in [2.05, 4.69) is 20.7 Å². The maximum atomic E-state index is 12.0. The number of amides is 2. The number of nitrogens with one attached hydrogen (secondary N) is 2. The Bertz CT molecular complexity index is 894. The van der Waals surface area contributed by atoms with Crippen LogP contribution in [0.15, 0.2) is 55.0 Å². The third kappa shape index (κ3) is 3.37. The first-order chi connectivity index (χ1) is 12.3. The van der Waals surface area contributed by atoms with Gasteiger partial charge in [-0.25, -0.2) is 14.5 Å². The molecule has 3 heterocycles. The Morgan fingerprint density at radius 2 is 2.12 bits per heavy atom. The van der Waals surface area contributed by atoms with Crippen molar-refractivity contribution in [3.63, 3.8) is 0 Å². The molecule has 0 bridgehead atoms. The molecule has 2 N–H and O–H groups in total. The van der Waals surface area contributed by atoms with Gasteiger partial charge >= 0.3 is 6.03 Å². The number of carbonyl (C=O) groups is 1. The molecule has 0 aliphatic carbocycles. The molecule has 8 heteroatoms. The normalized spacial score (nSPS) is 12.0. The summed E-state index contributed by atoms with van der Waals surface area (Å²) >= 11 is 0. The van der Waals surface area contributed by atoms with Gasteiger partial charge in [0, 0.05) is 12.7 Å². The van der Waals surface area contributed by atoms with Crippen molar-refractivity contribution < 1.29 is 14.3 Å². The summed E-state index contributed by atoms with van der Waals surface area (Å²) in [5, 5.41) is 9.70. The summed E-state index contributed by atoms with van der Waals surface area (Å²) in [5.41, 5.74) is 1.50. The zero-order chi connectivity index (χ0) is 17.1. The molecule has 0 saturated carbocycles. The monoisotopic (exact) mass is 337 g/mol. The van der Waals surface area contributed by atoms with Gasteiger partial charge in [-0.3, -0.25) is 0 Å². The first-order valence-corrected chi connectivity index (χ1v) is 7.67. The van der Waals surface area contributed by atoms with E-state index in [1.807, 2.05) is 36.4 Å². The number of aromatic nitrogens is 3. The minimum Gasteiger partial charge on any atom is -0.454 e. The van der Waals surface area contributed by atoms with Crippen molar-refractivity contribution in [2.75, 3.05) is 12.1 Å². The lowest BCUT2D eigenvalue weighted by Gasteiger charge is -2.06. The second-order valence-electron chi connectivity index (χ2n) is 5.36. The summed E-state index contributed by atoms with van der Waals surface area (Å²) in [6.07, 6.45) is 4.94. The number of hydrogen-bond donors (Lipinski definition) is 2. The van der Waals surface area contributed by atoms with E-state index in [1.54, 1.807) is 23.3 Å². The maximum absolute atomic E-state index is 12.0. The van der Waals surface area contributed by atoms with Crippen LogP contribution in [0.2, 0.25) is 0 Å². The van der Waals surface area contributed by atoms with Crippen LogP contribution in [-0.2, 0) is 6.54 Å². The number of urea groups is 1. The van der Waals surface area contributed by atoms with E-state index in [4.69, 9.17) is 9.47 Å². The molecule has 2 aromatic heterocycles. The molecule has 1 aromatic carbocycles. The molecule has 0 fully saturated rings. The van der Waals surface area contributed by atoms with Crippen LogP contribution in [0, 0.1) is 0 Å². The van der Waals surface area contributed by atoms with Gasteiger partial charge < -0.3 is 20.1 Å². The average Bonchev–Trinajstić information content (AvgIpc) is 3.29. The van der Waals surface area contributed by atoms with Gasteiger partial charge in [0.15, 0.2) is 17.3 Å². The maximum Gasteiger partial charge on any atom is 0.319 e. The molecule has 0 saturated heterocycles. The minimum atomic E-state index is -0.321. The Hall–Kier alpha value is -3.55. The van der Waals surface area contributed by atoms with Gasteiger partial charge in [0.2, 0.25) is 6.79 Å². The van der Waals surface area contributed by atoms with Crippen LogP contribution >= 0.6 is 0 Å². The van der Waals surface area contributed by atoms with Gasteiger partial charge in [0.25, 0.3) is 0 Å². The number of anilines is 1. The zero-order valence-electron chi connectivity index (χ0n) is 13.2. The first kappa shape index (κ1) is 15.0. The standard InChI is InChI=1S/C17H15N5O3/c23-17(19-8-12-4-5-14-15(7-12)25-11-24-14)21-13-9-20-22(10-13)16-3-1-2-6-18-16/h1-7,9-10H,8,11H2,(H2,19,21,23). The summed E-state index contributed by atoms with van der Waals surface area (Å²) < 4.78 is 12.2. The van der Waals surface area contributed by atoms with Crippen LogP contribution in [0.4, 0.5) is 10.5 Å². The van der Waals surface area contributed by atoms with E-state index in [1.165, 1.54) is 0 Å². The molecule has 1 aliphatic rings. The Balaban J connectivity index is 1.34. The molecule has 0 radical (unpaired) electrons. The summed E-state index contributed by atoms with van der Waals surface area (Å²) in [5.74, 6) is 2.09. The highest BCUT2D eigenvalue weighted by Gasteiger charge is 2.13. The lowest BCUT2D eigenvalue weighted by molar-refractivity contribution is 0.174. The van der Waals surface area contributed by atoms with Gasteiger partial charge in [-0.05, 0) is 29.8 Å². The fraction of sp³-hybridized carbons (Fsp3) is 0.118. The molecule has 126 valence electrons. The van der Waals surface area contributed by atoms with Crippen molar-refractivity contribution in [3.8, 4) is 17.3 Å². The van der Waals surface area contributed by atoms with Crippen molar-refractivity contribution in [2.45, 2.75) is 6.54 Å². The number of benzene rings is 1. The third-order valence-electron chi connectivity index (χ3n) is 3.61. The SMILES string of the molecule is O=C(NCc1ccc2c(c1)OCO2)Nc1cnn(-c2ccccn2)c1. The summed E-state index contributed by atoms with van der Waals surface area (Å²) in [4.78, 5) is 16.2. The predicted octanol–water partition coefficient (Wildman–Crippen LogP) is 2.32. The van der Waals surface area contributed by atoms with Crippen LogP contribution in [0.3, 0.4) is 0 Å². The summed E-state index contributed by atoms with van der Waals surface area (Å²) in [6.45, 7) is 0.601. The lowest BCUT2D eigenvalue weighted by Crippen LogP contribution is -2.28. The van der Waals surface area contributed by atoms with Crippen LogP contribution in [0.1, 0.15) is 5.56 Å². The Morgan fingerprint density at radius 3 is 3.00 bits per heavy atom. The van der Waals surface area contributed by atoms with Gasteiger partial charge in [-0.1, -0.05) is 12.1 Å². The van der Waals surface area contributed by atoms with Gasteiger partial charge in [-0.15, -0.1) is 0 Å². The fourth-order valence-electron chi connectivity index (χ4n) is 2.41. The smallest absolute Gasteiger partial charge is 0.319 e. The molecule has 4 rings (SSSR count). The lowest BCUT2D eigenvalue weighted by atomic mass is 10.2. The van der Waals surface area contributed by atoms with Crippen molar-refractivity contribution in [3.05, 3.63) is 60.6 Å². The molecular weight excluding hydrogens is 322 g/mol. The highest BCUT2D eigenvalue weighted by molar-refractivity contribution is 5.88. The van der Waals surface area contributed by atoms with Gasteiger partial charge in [-0.2, -0.15) is 5.10 Å². The van der Waals surface area contributed by atoms with E-state index < -0.39 is 0 Å². The molecule has 8 nitrogen and oxygen atoms in total. The fourth-order valence-corrected chi connectivity index (χ4v) is 2.41. The Kier molecular flexibility index (Phi) is 3.91. The molecule has 3 aromatic rings. The van der Waals surface area contributed by atoms with Crippen molar-refractivity contribution in [1.82, 2.24) is 20.1 Å². The number of carbonyl (C=O) groups excluding carboxylic acids is 1. The number of rotatable bonds is 4. The van der Waals surface area contributed by atoms with Crippen molar-refractivity contribution in [1.29, 1.82) is 0 Å². The largest absolute Gasteiger partial charge is 0.454 e. The molecule has 0 atom stereocenters. The van der Waals surface area contributed by atoms with E-state index in [0.29, 0.717) is 23.8 Å². The molecule has 0 spiro atoms. The van der Waals surface area contributed by atoms with Crippen LogP contribution in [0.25, 0.3) is 5.82 Å². The van der Waals surface area contributed by atoms with Gasteiger partial charge in [0.05, 0.1) is 18.1 Å². The third-order valence-corrected chi connectivity index (χ3v) is 3.61. The van der Waals surface area contributed by atoms with E-state index >= 15 is 0 Å². The van der Waals surface area contributed by atoms with Crippen LogP contribution in [0.5, 0.6) is 11.5 Å². The van der Waals surface area contributed by atoms with Crippen LogP contribution < -0.4 is 20.1 Å². The molecule has 1 aliphatic heterocycles. The number of ether oxygens (including phenoxy) is 2. The van der Waals surface area contributed by atoms with Crippen molar-refractivity contribution in [2.24, 2.45) is 0 Å². The summed E-state index contributed by atoms with van der Waals surface area (Å²) in [7, 11) is 0. The molecule has 0 unspecified atom stereocenters. The van der Waals surface area contributed by atoms with E-state index in [0.717, 1.165) is 11.3 Å². The Labute approximate surface area is 143 Å². The topological polar surface area (TPSA) is 90.3 Å². The number of fused-ring (bicyclic) bond motifs is 1.